The molecule has 0 aromatic carbocycles. The van der Waals surface area contributed by atoms with Crippen LogP contribution in [0.4, 0.5) is 4.79 Å². The molecule has 21 heavy (non-hydrogen) atoms. The predicted molar refractivity (Wildman–Crippen MR) is 75.8 cm³/mol. The number of amides is 2. The molecule has 7 heteroatoms. The third-order valence-corrected chi connectivity index (χ3v) is 3.58. The Labute approximate surface area is 124 Å². The number of rotatable bonds is 6. The molecule has 1 atom stereocenters. The van der Waals surface area contributed by atoms with E-state index < -0.39 is 12.0 Å². The molecule has 1 aliphatic rings. The average molecular weight is 300 g/mol. The molecule has 1 aliphatic heterocycles. The second-order valence-corrected chi connectivity index (χ2v) is 5.14. The Morgan fingerprint density at radius 2 is 1.90 bits per heavy atom. The molecule has 0 aromatic rings. The first-order valence-electron chi connectivity index (χ1n) is 7.44. The van der Waals surface area contributed by atoms with Gasteiger partial charge in [-0.1, -0.05) is 13.3 Å². The standard InChI is InChI=1S/C14H24N2O5/c1-3-5-11(12(17)18)15-14(20)16-8-6-10(7-9-16)13(19)21-4-2/h10-11H,3-9H2,1-2H3,(H,15,20)(H,17,18)/t11-/m0/s1. The summed E-state index contributed by atoms with van der Waals surface area (Å²) in [6, 6.07) is -1.23. The lowest BCUT2D eigenvalue weighted by atomic mass is 9.97. The molecule has 0 radical (unpaired) electrons. The molecule has 1 heterocycles. The van der Waals surface area contributed by atoms with Gasteiger partial charge >= 0.3 is 18.0 Å². The number of piperidine rings is 1. The Morgan fingerprint density at radius 1 is 1.29 bits per heavy atom. The molecule has 1 saturated heterocycles. The zero-order valence-electron chi connectivity index (χ0n) is 12.6. The van der Waals surface area contributed by atoms with E-state index in [-0.39, 0.29) is 17.9 Å². The van der Waals surface area contributed by atoms with E-state index in [1.807, 2.05) is 6.92 Å². The monoisotopic (exact) mass is 300 g/mol. The number of nitrogens with zero attached hydrogens (tertiary/aromatic N) is 1. The molecule has 1 rings (SSSR count). The van der Waals surface area contributed by atoms with Gasteiger partial charge < -0.3 is 20.1 Å². The van der Waals surface area contributed by atoms with Gasteiger partial charge in [-0.3, -0.25) is 4.79 Å². The van der Waals surface area contributed by atoms with Crippen LogP contribution >= 0.6 is 0 Å². The normalized spacial score (nSPS) is 17.1. The molecule has 0 aliphatic carbocycles. The number of hydrogen-bond acceptors (Lipinski definition) is 4. The van der Waals surface area contributed by atoms with Crippen LogP contribution in [0.2, 0.25) is 0 Å². The summed E-state index contributed by atoms with van der Waals surface area (Å²) in [5, 5.41) is 11.6. The molecule has 1 fully saturated rings. The van der Waals surface area contributed by atoms with E-state index >= 15 is 0 Å². The van der Waals surface area contributed by atoms with Crippen molar-refractivity contribution in [1.82, 2.24) is 10.2 Å². The first-order chi connectivity index (χ1) is 9.99. The van der Waals surface area contributed by atoms with Crippen molar-refractivity contribution in [2.24, 2.45) is 5.92 Å². The van der Waals surface area contributed by atoms with Crippen LogP contribution in [0.15, 0.2) is 0 Å². The highest BCUT2D eigenvalue weighted by Crippen LogP contribution is 2.18. The van der Waals surface area contributed by atoms with Crippen molar-refractivity contribution in [3.63, 3.8) is 0 Å². The molecular formula is C14H24N2O5. The van der Waals surface area contributed by atoms with Gasteiger partial charge in [-0.15, -0.1) is 0 Å². The zero-order valence-corrected chi connectivity index (χ0v) is 12.6. The number of nitrogens with one attached hydrogen (secondary N) is 1. The van der Waals surface area contributed by atoms with Crippen LogP contribution in [0.25, 0.3) is 0 Å². The van der Waals surface area contributed by atoms with Crippen LogP contribution in [0.3, 0.4) is 0 Å². The van der Waals surface area contributed by atoms with Crippen LogP contribution in [-0.4, -0.2) is 53.7 Å². The predicted octanol–water partition coefficient (Wildman–Crippen LogP) is 1.22. The number of hydrogen-bond donors (Lipinski definition) is 2. The number of carboxylic acid groups (broad SMARTS) is 1. The molecule has 0 aromatic heterocycles. The van der Waals surface area contributed by atoms with Gasteiger partial charge in [0.15, 0.2) is 0 Å². The molecule has 0 spiro atoms. The second-order valence-electron chi connectivity index (χ2n) is 5.14. The van der Waals surface area contributed by atoms with E-state index in [1.165, 1.54) is 0 Å². The van der Waals surface area contributed by atoms with E-state index in [0.717, 1.165) is 0 Å². The van der Waals surface area contributed by atoms with Crippen LogP contribution in [0, 0.1) is 5.92 Å². The minimum absolute atomic E-state index is 0.167. The number of esters is 1. The third kappa shape index (κ3) is 5.24. The molecule has 0 bridgehead atoms. The highest BCUT2D eigenvalue weighted by atomic mass is 16.5. The summed E-state index contributed by atoms with van der Waals surface area (Å²) in [5.41, 5.74) is 0. The fourth-order valence-electron chi connectivity index (χ4n) is 2.36. The van der Waals surface area contributed by atoms with Gasteiger partial charge in [-0.25, -0.2) is 9.59 Å². The second kappa shape index (κ2) is 8.49. The third-order valence-electron chi connectivity index (χ3n) is 3.58. The number of ether oxygens (including phenoxy) is 1. The van der Waals surface area contributed by atoms with Crippen LogP contribution in [-0.2, 0) is 14.3 Å². The van der Waals surface area contributed by atoms with E-state index in [9.17, 15) is 14.4 Å². The lowest BCUT2D eigenvalue weighted by molar-refractivity contribution is -0.149. The fraction of sp³-hybridized carbons (Fsp3) is 0.786. The van der Waals surface area contributed by atoms with E-state index in [0.29, 0.717) is 45.4 Å². The van der Waals surface area contributed by atoms with E-state index in [1.54, 1.807) is 11.8 Å². The Bertz CT molecular complexity index is 378. The Hall–Kier alpha value is -1.79. The van der Waals surface area contributed by atoms with Crippen LogP contribution < -0.4 is 5.32 Å². The van der Waals surface area contributed by atoms with Crippen molar-refractivity contribution >= 4 is 18.0 Å². The zero-order chi connectivity index (χ0) is 15.8. The van der Waals surface area contributed by atoms with Crippen molar-refractivity contribution in [3.8, 4) is 0 Å². The summed E-state index contributed by atoms with van der Waals surface area (Å²) in [4.78, 5) is 36.2. The minimum atomic E-state index is -1.02. The van der Waals surface area contributed by atoms with Gasteiger partial charge in [-0.2, -0.15) is 0 Å². The number of likely N-dealkylation sites (tertiary alicyclic amines) is 1. The molecule has 120 valence electrons. The number of carbonyl (C=O) groups excluding carboxylic acids is 2. The summed E-state index contributed by atoms with van der Waals surface area (Å²) >= 11 is 0. The number of urea groups is 1. The molecule has 2 amide bonds. The van der Waals surface area contributed by atoms with Gasteiger partial charge in [0.1, 0.15) is 6.04 Å². The lowest BCUT2D eigenvalue weighted by Gasteiger charge is -2.31. The highest BCUT2D eigenvalue weighted by Gasteiger charge is 2.29. The number of aliphatic carboxylic acids is 1. The summed E-state index contributed by atoms with van der Waals surface area (Å²) in [6.07, 6.45) is 2.19. The van der Waals surface area contributed by atoms with Gasteiger partial charge in [0.25, 0.3) is 0 Å². The molecule has 2 N–H and O–H groups in total. The lowest BCUT2D eigenvalue weighted by Crippen LogP contribution is -2.50. The first-order valence-corrected chi connectivity index (χ1v) is 7.44. The van der Waals surface area contributed by atoms with Crippen LogP contribution in [0.1, 0.15) is 39.5 Å². The van der Waals surface area contributed by atoms with Crippen molar-refractivity contribution in [3.05, 3.63) is 0 Å². The number of carboxylic acids is 1. The molecule has 7 nitrogen and oxygen atoms in total. The molecule has 0 unspecified atom stereocenters. The van der Waals surface area contributed by atoms with Gasteiger partial charge in [-0.05, 0) is 26.2 Å². The van der Waals surface area contributed by atoms with Crippen molar-refractivity contribution in [2.75, 3.05) is 19.7 Å². The van der Waals surface area contributed by atoms with Gasteiger partial charge in [0.2, 0.25) is 0 Å². The largest absolute Gasteiger partial charge is 0.480 e. The smallest absolute Gasteiger partial charge is 0.326 e. The maximum absolute atomic E-state index is 12.0. The Kier molecular flexibility index (Phi) is 6.98. The Morgan fingerprint density at radius 3 is 2.38 bits per heavy atom. The first kappa shape index (κ1) is 17.3. The van der Waals surface area contributed by atoms with Crippen LogP contribution in [0.5, 0.6) is 0 Å². The highest BCUT2D eigenvalue weighted by molar-refractivity contribution is 5.82. The minimum Gasteiger partial charge on any atom is -0.480 e. The van der Waals surface area contributed by atoms with E-state index in [2.05, 4.69) is 5.32 Å². The number of carbonyl (C=O) groups is 3. The molecular weight excluding hydrogens is 276 g/mol. The van der Waals surface area contributed by atoms with Gasteiger partial charge in [0.05, 0.1) is 12.5 Å². The fourth-order valence-corrected chi connectivity index (χ4v) is 2.36. The summed E-state index contributed by atoms with van der Waals surface area (Å²) in [5.74, 6) is -1.40. The molecule has 0 saturated carbocycles. The summed E-state index contributed by atoms with van der Waals surface area (Å²) < 4.78 is 4.97. The topological polar surface area (TPSA) is 95.9 Å². The SMILES string of the molecule is CCC[C@H](NC(=O)N1CCC(C(=O)OCC)CC1)C(=O)O. The summed E-state index contributed by atoms with van der Waals surface area (Å²) in [7, 11) is 0. The van der Waals surface area contributed by atoms with Crippen molar-refractivity contribution in [2.45, 2.75) is 45.6 Å². The van der Waals surface area contributed by atoms with Crippen molar-refractivity contribution in [1.29, 1.82) is 0 Å². The van der Waals surface area contributed by atoms with Crippen molar-refractivity contribution < 1.29 is 24.2 Å². The van der Waals surface area contributed by atoms with Gasteiger partial charge in [0, 0.05) is 13.1 Å². The average Bonchev–Trinajstić information content (AvgIpc) is 2.47. The van der Waals surface area contributed by atoms with E-state index in [4.69, 9.17) is 9.84 Å². The quantitative estimate of drug-likeness (QED) is 0.719. The summed E-state index contributed by atoms with van der Waals surface area (Å²) in [6.45, 7) is 4.87. The maximum atomic E-state index is 12.0. The Balaban J connectivity index is 2.44. The maximum Gasteiger partial charge on any atom is 0.326 e.